The van der Waals surface area contributed by atoms with Gasteiger partial charge >= 0.3 is 0 Å². The minimum atomic E-state index is -3.51. The lowest BCUT2D eigenvalue weighted by Gasteiger charge is -2.30. The van der Waals surface area contributed by atoms with Crippen molar-refractivity contribution < 1.29 is 13.2 Å². The zero-order valence-electron chi connectivity index (χ0n) is 11.5. The molecule has 1 aromatic heterocycles. The summed E-state index contributed by atoms with van der Waals surface area (Å²) in [6.45, 7) is 3.63. The van der Waals surface area contributed by atoms with Crippen LogP contribution in [0, 0.1) is 0 Å². The first kappa shape index (κ1) is 14.0. The Hall–Kier alpha value is -0.960. The molecule has 2 aliphatic rings. The fourth-order valence-electron chi connectivity index (χ4n) is 2.32. The number of nitrogens with zero attached hydrogens (tertiary/aromatic N) is 2. The Kier molecular flexibility index (Phi) is 3.80. The molecule has 1 atom stereocenters. The van der Waals surface area contributed by atoms with Crippen LogP contribution in [0.4, 0.5) is 0 Å². The summed E-state index contributed by atoms with van der Waals surface area (Å²) >= 11 is 0. The normalized spacial score (nSPS) is 24.9. The number of ether oxygens (including phenoxy) is 1. The number of aromatic nitrogens is 2. The summed E-state index contributed by atoms with van der Waals surface area (Å²) in [6, 6.07) is 0.531. The maximum absolute atomic E-state index is 12.6. The molecule has 0 aromatic carbocycles. The van der Waals surface area contributed by atoms with E-state index in [4.69, 9.17) is 4.74 Å². The molecule has 2 N–H and O–H groups in total. The number of hydrogen-bond donors (Lipinski definition) is 2. The summed E-state index contributed by atoms with van der Waals surface area (Å²) in [5.74, 6) is 0. The van der Waals surface area contributed by atoms with E-state index >= 15 is 0 Å². The molecule has 0 radical (unpaired) electrons. The van der Waals surface area contributed by atoms with Gasteiger partial charge in [-0.2, -0.15) is 9.40 Å². The molecule has 1 aromatic rings. The maximum atomic E-state index is 12.6. The van der Waals surface area contributed by atoms with E-state index in [1.54, 1.807) is 6.20 Å². The summed E-state index contributed by atoms with van der Waals surface area (Å²) in [4.78, 5) is 0. The van der Waals surface area contributed by atoms with Gasteiger partial charge in [0, 0.05) is 31.2 Å². The summed E-state index contributed by atoms with van der Waals surface area (Å²) in [5.41, 5.74) is 0.705. The zero-order chi connectivity index (χ0) is 14.2. The van der Waals surface area contributed by atoms with E-state index in [0.717, 1.165) is 0 Å². The second-order valence-electron chi connectivity index (χ2n) is 5.42. The van der Waals surface area contributed by atoms with E-state index in [1.165, 1.54) is 17.1 Å². The van der Waals surface area contributed by atoms with Gasteiger partial charge in [-0.25, -0.2) is 8.42 Å². The van der Waals surface area contributed by atoms with E-state index in [2.05, 4.69) is 15.5 Å². The highest BCUT2D eigenvalue weighted by Crippen LogP contribution is 2.23. The molecule has 0 spiro atoms. The minimum Gasteiger partial charge on any atom is -0.376 e. The summed E-state index contributed by atoms with van der Waals surface area (Å²) < 4.78 is 32.2. The van der Waals surface area contributed by atoms with Crippen LogP contribution in [0.1, 0.15) is 25.3 Å². The first-order valence-corrected chi connectivity index (χ1v) is 8.39. The number of rotatable bonds is 5. The van der Waals surface area contributed by atoms with Crippen molar-refractivity contribution in [2.45, 2.75) is 43.5 Å². The molecule has 3 rings (SSSR count). The van der Waals surface area contributed by atoms with E-state index in [1.807, 2.05) is 6.92 Å². The Balaban J connectivity index is 1.77. The Morgan fingerprint density at radius 2 is 2.35 bits per heavy atom. The molecule has 1 saturated carbocycles. The fourth-order valence-corrected chi connectivity index (χ4v) is 3.93. The Bertz CT molecular complexity index is 567. The highest BCUT2D eigenvalue weighted by molar-refractivity contribution is 7.89. The van der Waals surface area contributed by atoms with E-state index in [0.29, 0.717) is 37.8 Å². The molecule has 1 aliphatic carbocycles. The van der Waals surface area contributed by atoms with Crippen molar-refractivity contribution in [2.24, 2.45) is 0 Å². The molecule has 1 aliphatic heterocycles. The molecule has 2 heterocycles. The largest absolute Gasteiger partial charge is 0.376 e. The van der Waals surface area contributed by atoms with Crippen LogP contribution in [-0.4, -0.2) is 54.8 Å². The first-order valence-electron chi connectivity index (χ1n) is 6.95. The summed E-state index contributed by atoms with van der Waals surface area (Å²) in [6.07, 6.45) is 3.85. The van der Waals surface area contributed by atoms with E-state index in [9.17, 15) is 8.42 Å². The van der Waals surface area contributed by atoms with Crippen LogP contribution in [0.3, 0.4) is 0 Å². The van der Waals surface area contributed by atoms with Crippen LogP contribution in [0.2, 0.25) is 0 Å². The minimum absolute atomic E-state index is 0.0746. The van der Waals surface area contributed by atoms with Crippen molar-refractivity contribution in [2.75, 3.05) is 19.7 Å². The molecule has 0 amide bonds. The third kappa shape index (κ3) is 2.88. The molecule has 1 unspecified atom stereocenters. The third-order valence-corrected chi connectivity index (χ3v) is 5.52. The van der Waals surface area contributed by atoms with Crippen molar-refractivity contribution in [3.8, 4) is 0 Å². The second kappa shape index (κ2) is 5.44. The highest BCUT2D eigenvalue weighted by atomic mass is 32.2. The van der Waals surface area contributed by atoms with Crippen LogP contribution in [0.5, 0.6) is 0 Å². The van der Waals surface area contributed by atoms with Crippen LogP contribution >= 0.6 is 0 Å². The average Bonchev–Trinajstić information content (AvgIpc) is 3.12. The van der Waals surface area contributed by atoms with Crippen LogP contribution < -0.4 is 5.32 Å². The molecule has 2 fully saturated rings. The van der Waals surface area contributed by atoms with Gasteiger partial charge in [0.1, 0.15) is 0 Å². The van der Waals surface area contributed by atoms with Gasteiger partial charge in [0.05, 0.1) is 18.9 Å². The molecule has 112 valence electrons. The number of H-pyrrole nitrogens is 1. The molecule has 8 heteroatoms. The van der Waals surface area contributed by atoms with Gasteiger partial charge in [0.2, 0.25) is 0 Å². The standard InChI is InChI=1S/C12H20N4O3S/c1-9-8-16(4-5-19-9)20(17,18)12-10(7-14-15-12)6-13-11-2-3-11/h7,9,11,13H,2-6,8H2,1H3,(H,14,15). The quantitative estimate of drug-likeness (QED) is 0.803. The van der Waals surface area contributed by atoms with Gasteiger partial charge in [0.25, 0.3) is 10.0 Å². The molecule has 7 nitrogen and oxygen atoms in total. The van der Waals surface area contributed by atoms with Crippen molar-refractivity contribution >= 4 is 10.0 Å². The molecule has 1 saturated heterocycles. The Morgan fingerprint density at radius 3 is 3.05 bits per heavy atom. The lowest BCUT2D eigenvalue weighted by Crippen LogP contribution is -2.44. The second-order valence-corrected chi connectivity index (χ2v) is 7.30. The smallest absolute Gasteiger partial charge is 0.260 e. The van der Waals surface area contributed by atoms with E-state index < -0.39 is 10.0 Å². The zero-order valence-corrected chi connectivity index (χ0v) is 12.3. The predicted octanol–water partition coefficient (Wildman–Crippen LogP) is 0.0711. The topological polar surface area (TPSA) is 87.3 Å². The summed E-state index contributed by atoms with van der Waals surface area (Å²) in [7, 11) is -3.51. The number of nitrogens with one attached hydrogen (secondary N) is 2. The van der Waals surface area contributed by atoms with Gasteiger partial charge in [-0.1, -0.05) is 0 Å². The molecular formula is C12H20N4O3S. The number of hydrogen-bond acceptors (Lipinski definition) is 5. The van der Waals surface area contributed by atoms with Crippen LogP contribution in [0.15, 0.2) is 11.2 Å². The van der Waals surface area contributed by atoms with Crippen molar-refractivity contribution in [3.05, 3.63) is 11.8 Å². The van der Waals surface area contributed by atoms with Gasteiger partial charge < -0.3 is 10.1 Å². The predicted molar refractivity (Wildman–Crippen MR) is 72.6 cm³/mol. The van der Waals surface area contributed by atoms with Gasteiger partial charge in [0.15, 0.2) is 5.03 Å². The number of morpholine rings is 1. The SMILES string of the molecule is CC1CN(S(=O)(=O)c2[nH]ncc2CNC2CC2)CCO1. The number of sulfonamides is 1. The van der Waals surface area contributed by atoms with Crippen LogP contribution in [0.25, 0.3) is 0 Å². The monoisotopic (exact) mass is 300 g/mol. The fraction of sp³-hybridized carbons (Fsp3) is 0.750. The van der Waals surface area contributed by atoms with Crippen molar-refractivity contribution in [1.29, 1.82) is 0 Å². The average molecular weight is 300 g/mol. The van der Waals surface area contributed by atoms with Crippen LogP contribution in [-0.2, 0) is 21.3 Å². The lowest BCUT2D eigenvalue weighted by molar-refractivity contribution is 0.0101. The first-order chi connectivity index (χ1) is 9.57. The van der Waals surface area contributed by atoms with Gasteiger partial charge in [-0.05, 0) is 19.8 Å². The molecule has 0 bridgehead atoms. The van der Waals surface area contributed by atoms with Gasteiger partial charge in [-0.3, -0.25) is 5.10 Å². The number of aromatic amines is 1. The van der Waals surface area contributed by atoms with Crippen molar-refractivity contribution in [1.82, 2.24) is 19.8 Å². The third-order valence-electron chi connectivity index (χ3n) is 3.64. The Labute approximate surface area is 118 Å². The molecular weight excluding hydrogens is 280 g/mol. The van der Waals surface area contributed by atoms with Gasteiger partial charge in [-0.15, -0.1) is 0 Å². The maximum Gasteiger partial charge on any atom is 0.260 e. The molecule has 20 heavy (non-hydrogen) atoms. The summed E-state index contributed by atoms with van der Waals surface area (Å²) in [5, 5.41) is 10.1. The highest BCUT2D eigenvalue weighted by Gasteiger charge is 2.32. The Morgan fingerprint density at radius 1 is 1.55 bits per heavy atom. The van der Waals surface area contributed by atoms with Crippen molar-refractivity contribution in [3.63, 3.8) is 0 Å². The van der Waals surface area contributed by atoms with E-state index in [-0.39, 0.29) is 11.1 Å². The lowest BCUT2D eigenvalue weighted by atomic mass is 10.3.